The van der Waals surface area contributed by atoms with E-state index in [2.05, 4.69) is 90.9 Å². The molecule has 0 aromatic heterocycles. The van der Waals surface area contributed by atoms with Gasteiger partial charge in [-0.25, -0.2) is 4.18 Å². The molecule has 1 fully saturated rings. The first kappa shape index (κ1) is 54.6. The molecule has 4 N–H and O–H groups in total. The molecule has 1 aliphatic rings. The van der Waals surface area contributed by atoms with Crippen LogP contribution in [0.1, 0.15) is 149 Å². The van der Waals surface area contributed by atoms with Gasteiger partial charge in [-0.1, -0.05) is 151 Å². The SMILES string of the molecule is CC/C=C\C/C=C\C/C=C\C/C=C\C/C=C\C/C=C\CCCCCCCCC(=O)OC(COCCCCCCCCC)COC1OC(CO)C(O)C(OS(=O)(=O)O)C1O. The van der Waals surface area contributed by atoms with Crippen LogP contribution in [0.15, 0.2) is 72.9 Å². The van der Waals surface area contributed by atoms with E-state index in [1.165, 1.54) is 25.7 Å². The topological polar surface area (TPSA) is 178 Å². The van der Waals surface area contributed by atoms with Gasteiger partial charge in [-0.2, -0.15) is 8.42 Å². The summed E-state index contributed by atoms with van der Waals surface area (Å²) in [6, 6.07) is 0. The van der Waals surface area contributed by atoms with Crippen molar-refractivity contribution in [1.29, 1.82) is 0 Å². The van der Waals surface area contributed by atoms with E-state index >= 15 is 0 Å². The Morgan fingerprint density at radius 3 is 1.71 bits per heavy atom. The van der Waals surface area contributed by atoms with Crippen LogP contribution in [0, 0.1) is 0 Å². The highest BCUT2D eigenvalue weighted by Gasteiger charge is 2.48. The Kier molecular flexibility index (Phi) is 34.5. The fourth-order valence-corrected chi connectivity index (χ4v) is 6.77. The number of esters is 1. The van der Waals surface area contributed by atoms with Crippen molar-refractivity contribution in [2.45, 2.75) is 185 Å². The molecule has 340 valence electrons. The maximum absolute atomic E-state index is 12.8. The highest BCUT2D eigenvalue weighted by molar-refractivity contribution is 7.80. The molecule has 0 amide bonds. The minimum atomic E-state index is -5.06. The van der Waals surface area contributed by atoms with Crippen molar-refractivity contribution in [3.8, 4) is 0 Å². The quantitative estimate of drug-likeness (QED) is 0.0202. The molecule has 1 heterocycles. The molecular weight excluding hydrogens is 777 g/mol. The van der Waals surface area contributed by atoms with Crippen LogP contribution in [0.25, 0.3) is 0 Å². The van der Waals surface area contributed by atoms with Gasteiger partial charge in [0.05, 0.1) is 19.8 Å². The van der Waals surface area contributed by atoms with Crippen LogP contribution in [0.3, 0.4) is 0 Å². The van der Waals surface area contributed by atoms with Crippen LogP contribution in [0.4, 0.5) is 0 Å². The van der Waals surface area contributed by atoms with Gasteiger partial charge in [0.1, 0.15) is 30.5 Å². The Hall–Kier alpha value is -2.46. The molecule has 6 atom stereocenters. The maximum Gasteiger partial charge on any atom is 0.397 e. The van der Waals surface area contributed by atoms with Gasteiger partial charge >= 0.3 is 16.4 Å². The van der Waals surface area contributed by atoms with Crippen molar-refractivity contribution in [2.75, 3.05) is 26.4 Å². The highest BCUT2D eigenvalue weighted by atomic mass is 32.3. The zero-order valence-electron chi connectivity index (χ0n) is 36.0. The summed E-state index contributed by atoms with van der Waals surface area (Å²) in [6.45, 7) is 3.79. The summed E-state index contributed by atoms with van der Waals surface area (Å²) in [7, 11) is -5.06. The second kappa shape index (κ2) is 37.3. The molecule has 1 saturated heterocycles. The third kappa shape index (κ3) is 31.1. The predicted octanol–water partition coefficient (Wildman–Crippen LogP) is 9.13. The number of hydrogen-bond acceptors (Lipinski definition) is 11. The monoisotopic (exact) mass is 855 g/mol. The van der Waals surface area contributed by atoms with E-state index in [1.807, 2.05) is 0 Å². The average Bonchev–Trinajstić information content (AvgIpc) is 3.20. The molecule has 1 aliphatic heterocycles. The van der Waals surface area contributed by atoms with Gasteiger partial charge in [-0.15, -0.1) is 0 Å². The van der Waals surface area contributed by atoms with Crippen LogP contribution < -0.4 is 0 Å². The Bertz CT molecular complexity index is 1310. The molecule has 0 radical (unpaired) electrons. The van der Waals surface area contributed by atoms with Gasteiger partial charge in [0, 0.05) is 13.0 Å². The van der Waals surface area contributed by atoms with Crippen molar-refractivity contribution in [1.82, 2.24) is 0 Å². The normalized spacial score (nSPS) is 21.1. The Balaban J connectivity index is 2.34. The van der Waals surface area contributed by atoms with E-state index in [9.17, 15) is 28.5 Å². The minimum absolute atomic E-state index is 0.0259. The lowest BCUT2D eigenvalue weighted by Crippen LogP contribution is -2.60. The zero-order chi connectivity index (χ0) is 43.2. The molecule has 0 aliphatic carbocycles. The van der Waals surface area contributed by atoms with E-state index in [0.29, 0.717) is 13.0 Å². The van der Waals surface area contributed by atoms with E-state index in [0.717, 1.165) is 96.3 Å². The van der Waals surface area contributed by atoms with Crippen molar-refractivity contribution in [3.63, 3.8) is 0 Å². The van der Waals surface area contributed by atoms with Gasteiger partial charge in [-0.05, 0) is 64.2 Å². The Labute approximate surface area is 356 Å². The summed E-state index contributed by atoms with van der Waals surface area (Å²) in [5, 5.41) is 30.5. The first-order valence-electron chi connectivity index (χ1n) is 22.2. The number of unbranched alkanes of at least 4 members (excludes halogenated alkanes) is 12. The van der Waals surface area contributed by atoms with Crippen LogP contribution in [-0.4, -0.2) is 97.5 Å². The molecule has 0 aromatic carbocycles. The lowest BCUT2D eigenvalue weighted by molar-refractivity contribution is -0.301. The smallest absolute Gasteiger partial charge is 0.397 e. The van der Waals surface area contributed by atoms with Crippen LogP contribution in [0.5, 0.6) is 0 Å². The lowest BCUT2D eigenvalue weighted by Gasteiger charge is -2.41. The van der Waals surface area contributed by atoms with E-state index in [-0.39, 0.29) is 19.6 Å². The predicted molar refractivity (Wildman–Crippen MR) is 234 cm³/mol. The number of rotatable bonds is 37. The zero-order valence-corrected chi connectivity index (χ0v) is 36.8. The first-order chi connectivity index (χ1) is 28.6. The number of hydrogen-bond donors (Lipinski definition) is 4. The minimum Gasteiger partial charge on any atom is -0.457 e. The molecule has 6 unspecified atom stereocenters. The summed E-state index contributed by atoms with van der Waals surface area (Å²) in [5.74, 6) is -0.419. The number of carbonyl (C=O) groups excluding carboxylic acids is 1. The third-order valence-corrected chi connectivity index (χ3v) is 10.1. The van der Waals surface area contributed by atoms with Crippen LogP contribution >= 0.6 is 0 Å². The van der Waals surface area contributed by atoms with Crippen LogP contribution in [0.2, 0.25) is 0 Å². The molecule has 59 heavy (non-hydrogen) atoms. The van der Waals surface area contributed by atoms with Crippen LogP contribution in [-0.2, 0) is 38.3 Å². The van der Waals surface area contributed by atoms with Gasteiger partial charge in [0.15, 0.2) is 6.29 Å². The third-order valence-electron chi connectivity index (χ3n) is 9.59. The number of aliphatic hydroxyl groups excluding tert-OH is 3. The van der Waals surface area contributed by atoms with E-state index in [1.54, 1.807) is 0 Å². The first-order valence-corrected chi connectivity index (χ1v) is 23.6. The second-order valence-corrected chi connectivity index (χ2v) is 16.0. The molecule has 13 heteroatoms. The van der Waals surface area contributed by atoms with Gasteiger partial charge < -0.3 is 34.3 Å². The van der Waals surface area contributed by atoms with Gasteiger partial charge in [0.25, 0.3) is 0 Å². The number of ether oxygens (including phenoxy) is 4. The maximum atomic E-state index is 12.8. The lowest BCUT2D eigenvalue weighted by atomic mass is 9.99. The standard InChI is InChI=1S/C46H78O12S/c1-3-5-7-9-11-12-13-14-15-16-17-18-19-20-21-22-23-24-25-26-27-28-29-31-33-35-42(48)56-40(38-54-36-34-32-30-10-8-6-4-2)39-55-46-44(50)45(58-59(51,52)53)43(49)41(37-47)57-46/h5,7,11-12,14-15,17-18,20-21,23-24,40-41,43-47,49-50H,3-4,6,8-10,13,16,19,22,25-39H2,1-2H3,(H,51,52,53)/b7-5-,12-11-,15-14-,18-17-,21-20-,24-23-. The summed E-state index contributed by atoms with van der Waals surface area (Å²) in [6.07, 6.45) is 38.2. The van der Waals surface area contributed by atoms with Crippen molar-refractivity contribution >= 4 is 16.4 Å². The largest absolute Gasteiger partial charge is 0.457 e. The summed E-state index contributed by atoms with van der Waals surface area (Å²) >= 11 is 0. The molecule has 0 aromatic rings. The van der Waals surface area contributed by atoms with Crippen molar-refractivity contribution in [2.24, 2.45) is 0 Å². The molecule has 0 spiro atoms. The number of aliphatic hydroxyl groups is 3. The van der Waals surface area contributed by atoms with Crippen molar-refractivity contribution < 1.29 is 56.2 Å². The molecule has 1 rings (SSSR count). The number of carbonyl (C=O) groups is 1. The van der Waals surface area contributed by atoms with Crippen molar-refractivity contribution in [3.05, 3.63) is 72.9 Å². The van der Waals surface area contributed by atoms with Gasteiger partial charge in [-0.3, -0.25) is 9.35 Å². The molecule has 0 bridgehead atoms. The highest BCUT2D eigenvalue weighted by Crippen LogP contribution is 2.26. The van der Waals surface area contributed by atoms with E-state index in [4.69, 9.17) is 23.5 Å². The Morgan fingerprint density at radius 1 is 0.661 bits per heavy atom. The summed E-state index contributed by atoms with van der Waals surface area (Å²) < 4.78 is 58.8. The van der Waals surface area contributed by atoms with Gasteiger partial charge in [0.2, 0.25) is 0 Å². The summed E-state index contributed by atoms with van der Waals surface area (Å²) in [5.41, 5.74) is 0. The fraction of sp³-hybridized carbons (Fsp3) is 0.717. The Morgan fingerprint density at radius 2 is 1.17 bits per heavy atom. The van der Waals surface area contributed by atoms with E-state index < -0.39 is 59.8 Å². The fourth-order valence-electron chi connectivity index (χ4n) is 6.26. The molecule has 12 nitrogen and oxygen atoms in total. The number of allylic oxidation sites excluding steroid dienone is 12. The average molecular weight is 855 g/mol. The second-order valence-electron chi connectivity index (χ2n) is 14.9. The molecular formula is C46H78O12S. The molecule has 0 saturated carbocycles. The summed E-state index contributed by atoms with van der Waals surface area (Å²) in [4.78, 5) is 12.8.